The summed E-state index contributed by atoms with van der Waals surface area (Å²) in [7, 11) is 0. The standard InChI is InChI=1S/C31H28F3N3O3/c1-31(2,3)28(20-5-4-6-21(33)16-20)26-17-24(10-11-25(26)29-36-37(14-13-32)30(38)40-29)39-18-23-9-7-19-15-22(34)8-12-27(19)35-23/h4-12,15-17,28H,13-14,18H2,1-3H3. The highest BCUT2D eigenvalue weighted by Crippen LogP contribution is 2.45. The molecule has 3 aromatic carbocycles. The Labute approximate surface area is 229 Å². The molecule has 0 aliphatic rings. The topological polar surface area (TPSA) is 70.2 Å². The van der Waals surface area contributed by atoms with Gasteiger partial charge in [-0.3, -0.25) is 0 Å². The average Bonchev–Trinajstić information content (AvgIpc) is 3.27. The van der Waals surface area contributed by atoms with Crippen molar-refractivity contribution >= 4 is 10.9 Å². The molecule has 0 saturated heterocycles. The summed E-state index contributed by atoms with van der Waals surface area (Å²) in [6.07, 6.45) is 0. The minimum absolute atomic E-state index is 0.0362. The number of nitrogens with zero attached hydrogens (tertiary/aromatic N) is 3. The SMILES string of the molecule is CC(C)(C)C(c1cccc(F)c1)c1cc(OCc2ccc3cc(F)ccc3n2)ccc1-c1nn(CCF)c(=O)o1. The molecule has 206 valence electrons. The summed E-state index contributed by atoms with van der Waals surface area (Å²) >= 11 is 0. The molecular formula is C31H28F3N3O3. The zero-order valence-corrected chi connectivity index (χ0v) is 22.3. The lowest BCUT2D eigenvalue weighted by atomic mass is 9.71. The Hall–Kier alpha value is -4.40. The van der Waals surface area contributed by atoms with Crippen LogP contribution in [0.25, 0.3) is 22.4 Å². The van der Waals surface area contributed by atoms with Crippen LogP contribution in [0.15, 0.2) is 82.0 Å². The molecule has 0 aliphatic heterocycles. The van der Waals surface area contributed by atoms with Crippen LogP contribution >= 0.6 is 0 Å². The predicted molar refractivity (Wildman–Crippen MR) is 146 cm³/mol. The second kappa shape index (κ2) is 11.0. The smallest absolute Gasteiger partial charge is 0.437 e. The van der Waals surface area contributed by atoms with Crippen LogP contribution in [-0.2, 0) is 13.2 Å². The average molecular weight is 548 g/mol. The molecule has 2 heterocycles. The monoisotopic (exact) mass is 547 g/mol. The Morgan fingerprint density at radius 1 is 0.975 bits per heavy atom. The third-order valence-corrected chi connectivity index (χ3v) is 6.61. The second-order valence-electron chi connectivity index (χ2n) is 10.6. The molecule has 0 fully saturated rings. The summed E-state index contributed by atoms with van der Waals surface area (Å²) in [6, 6.07) is 19.6. The lowest BCUT2D eigenvalue weighted by molar-refractivity contribution is 0.300. The number of ether oxygens (including phenoxy) is 1. The Morgan fingerprint density at radius 2 is 1.77 bits per heavy atom. The first-order valence-electron chi connectivity index (χ1n) is 12.8. The van der Waals surface area contributed by atoms with E-state index in [1.54, 1.807) is 36.4 Å². The van der Waals surface area contributed by atoms with Crippen LogP contribution in [-0.4, -0.2) is 21.4 Å². The van der Waals surface area contributed by atoms with Crippen LogP contribution in [0.3, 0.4) is 0 Å². The fourth-order valence-electron chi connectivity index (χ4n) is 4.91. The maximum Gasteiger partial charge on any atom is 0.437 e. The van der Waals surface area contributed by atoms with Gasteiger partial charge >= 0.3 is 5.76 Å². The first-order valence-corrected chi connectivity index (χ1v) is 12.8. The molecule has 0 amide bonds. The van der Waals surface area contributed by atoms with Crippen LogP contribution < -0.4 is 10.5 Å². The van der Waals surface area contributed by atoms with Gasteiger partial charge in [-0.2, -0.15) is 4.68 Å². The van der Waals surface area contributed by atoms with Gasteiger partial charge in [0, 0.05) is 16.9 Å². The van der Waals surface area contributed by atoms with E-state index in [-0.39, 0.29) is 36.6 Å². The van der Waals surface area contributed by atoms with Gasteiger partial charge in [0.25, 0.3) is 0 Å². The van der Waals surface area contributed by atoms with Gasteiger partial charge in [0.05, 0.1) is 17.8 Å². The molecule has 1 atom stereocenters. The molecule has 5 aromatic rings. The van der Waals surface area contributed by atoms with Gasteiger partial charge in [0.15, 0.2) is 0 Å². The Balaban J connectivity index is 1.57. The van der Waals surface area contributed by atoms with Crippen molar-refractivity contribution in [3.63, 3.8) is 0 Å². The van der Waals surface area contributed by atoms with Crippen molar-refractivity contribution in [3.05, 3.63) is 112 Å². The van der Waals surface area contributed by atoms with Crippen molar-refractivity contribution < 1.29 is 22.3 Å². The number of rotatable bonds is 8. The third kappa shape index (κ3) is 5.78. The van der Waals surface area contributed by atoms with Crippen molar-refractivity contribution in [1.29, 1.82) is 0 Å². The van der Waals surface area contributed by atoms with Crippen LogP contribution in [0.1, 0.15) is 43.5 Å². The normalized spacial score (nSPS) is 12.6. The van der Waals surface area contributed by atoms with Gasteiger partial charge in [-0.05, 0) is 71.1 Å². The maximum absolute atomic E-state index is 14.4. The van der Waals surface area contributed by atoms with E-state index >= 15 is 0 Å². The number of aryl methyl sites for hydroxylation is 1. The van der Waals surface area contributed by atoms with Crippen LogP contribution in [0, 0.1) is 17.0 Å². The van der Waals surface area contributed by atoms with Crippen LogP contribution in [0.5, 0.6) is 5.75 Å². The number of halogens is 3. The Kier molecular flexibility index (Phi) is 7.47. The number of aromatic nitrogens is 3. The van der Waals surface area contributed by atoms with Crippen molar-refractivity contribution in [1.82, 2.24) is 14.8 Å². The number of hydrogen-bond donors (Lipinski definition) is 0. The number of pyridine rings is 1. The summed E-state index contributed by atoms with van der Waals surface area (Å²) in [6.45, 7) is 5.24. The Bertz CT molecular complexity index is 1720. The molecule has 0 aliphatic carbocycles. The molecule has 2 aromatic heterocycles. The second-order valence-corrected chi connectivity index (χ2v) is 10.6. The van der Waals surface area contributed by atoms with Crippen LogP contribution in [0.4, 0.5) is 13.2 Å². The summed E-state index contributed by atoms with van der Waals surface area (Å²) in [5.41, 5.74) is 2.83. The van der Waals surface area contributed by atoms with Gasteiger partial charge in [-0.1, -0.05) is 39.0 Å². The minimum atomic E-state index is -0.767. The molecule has 5 rings (SSSR count). The van der Waals surface area contributed by atoms with Crippen molar-refractivity contribution in [2.45, 2.75) is 39.8 Å². The van der Waals surface area contributed by atoms with Crippen LogP contribution in [0.2, 0.25) is 0 Å². The van der Waals surface area contributed by atoms with E-state index in [1.807, 2.05) is 32.9 Å². The molecule has 0 saturated carbocycles. The van der Waals surface area contributed by atoms with E-state index in [0.29, 0.717) is 33.5 Å². The number of hydrogen-bond acceptors (Lipinski definition) is 5. The zero-order valence-electron chi connectivity index (χ0n) is 22.3. The minimum Gasteiger partial charge on any atom is -0.487 e. The predicted octanol–water partition coefficient (Wildman–Crippen LogP) is 7.06. The fraction of sp³-hybridized carbons (Fsp3) is 0.258. The first kappa shape index (κ1) is 27.2. The van der Waals surface area contributed by atoms with Crippen molar-refractivity contribution in [2.24, 2.45) is 5.41 Å². The number of benzene rings is 3. The number of fused-ring (bicyclic) bond motifs is 1. The first-order chi connectivity index (χ1) is 19.1. The molecule has 9 heteroatoms. The largest absolute Gasteiger partial charge is 0.487 e. The highest BCUT2D eigenvalue weighted by molar-refractivity contribution is 5.78. The van der Waals surface area contributed by atoms with E-state index in [4.69, 9.17) is 9.15 Å². The summed E-state index contributed by atoms with van der Waals surface area (Å²) in [4.78, 5) is 16.9. The quantitative estimate of drug-likeness (QED) is 0.208. The lowest BCUT2D eigenvalue weighted by Crippen LogP contribution is -2.21. The molecule has 0 bridgehead atoms. The van der Waals surface area contributed by atoms with Gasteiger partial charge in [0.2, 0.25) is 5.89 Å². The molecule has 40 heavy (non-hydrogen) atoms. The highest BCUT2D eigenvalue weighted by atomic mass is 19.1. The summed E-state index contributed by atoms with van der Waals surface area (Å²) < 4.78 is 53.3. The van der Waals surface area contributed by atoms with Gasteiger partial charge < -0.3 is 9.15 Å². The Morgan fingerprint density at radius 3 is 2.52 bits per heavy atom. The summed E-state index contributed by atoms with van der Waals surface area (Å²) in [5, 5.41) is 4.90. The third-order valence-electron chi connectivity index (χ3n) is 6.61. The lowest BCUT2D eigenvalue weighted by Gasteiger charge is -2.33. The van der Waals surface area contributed by atoms with Gasteiger partial charge in [-0.15, -0.1) is 5.10 Å². The number of alkyl halides is 1. The van der Waals surface area contributed by atoms with Gasteiger partial charge in [-0.25, -0.2) is 22.9 Å². The van der Waals surface area contributed by atoms with Gasteiger partial charge in [0.1, 0.15) is 30.7 Å². The highest BCUT2D eigenvalue weighted by Gasteiger charge is 2.32. The van der Waals surface area contributed by atoms with E-state index in [0.717, 1.165) is 10.2 Å². The molecule has 0 radical (unpaired) electrons. The molecule has 1 unspecified atom stereocenters. The van der Waals surface area contributed by atoms with E-state index in [9.17, 15) is 18.0 Å². The summed E-state index contributed by atoms with van der Waals surface area (Å²) in [5.74, 6) is -1.28. The van der Waals surface area contributed by atoms with E-state index in [1.165, 1.54) is 24.3 Å². The maximum atomic E-state index is 14.4. The molecule has 0 N–H and O–H groups in total. The molecular weight excluding hydrogens is 519 g/mol. The van der Waals surface area contributed by atoms with E-state index in [2.05, 4.69) is 10.1 Å². The fourth-order valence-corrected chi connectivity index (χ4v) is 4.91. The van der Waals surface area contributed by atoms with Crippen molar-refractivity contribution in [2.75, 3.05) is 6.67 Å². The molecule has 0 spiro atoms. The van der Waals surface area contributed by atoms with E-state index < -0.39 is 17.8 Å². The molecule has 6 nitrogen and oxygen atoms in total. The zero-order chi connectivity index (χ0) is 28.4. The van der Waals surface area contributed by atoms with Crippen molar-refractivity contribution in [3.8, 4) is 17.2 Å².